The predicted molar refractivity (Wildman–Crippen MR) is 114 cm³/mol. The second-order valence-electron chi connectivity index (χ2n) is 7.45. The normalized spacial score (nSPS) is 11.5. The van der Waals surface area contributed by atoms with E-state index in [2.05, 4.69) is 53.5 Å². The van der Waals surface area contributed by atoms with Crippen molar-refractivity contribution in [2.75, 3.05) is 23.7 Å². The molecule has 0 aliphatic rings. The van der Waals surface area contributed by atoms with Crippen molar-refractivity contribution in [3.63, 3.8) is 0 Å². The van der Waals surface area contributed by atoms with Crippen molar-refractivity contribution in [1.29, 1.82) is 0 Å². The van der Waals surface area contributed by atoms with Gasteiger partial charge in [0.1, 0.15) is 5.82 Å². The Labute approximate surface area is 167 Å². The summed E-state index contributed by atoms with van der Waals surface area (Å²) in [4.78, 5) is 4.39. The van der Waals surface area contributed by atoms with Crippen molar-refractivity contribution in [3.05, 3.63) is 42.0 Å². The lowest BCUT2D eigenvalue weighted by molar-refractivity contribution is 0.518. The van der Waals surface area contributed by atoms with Crippen LogP contribution in [0.1, 0.15) is 58.0 Å². The molecule has 150 valence electrons. The van der Waals surface area contributed by atoms with Crippen LogP contribution >= 0.6 is 0 Å². The van der Waals surface area contributed by atoms with E-state index in [1.165, 1.54) is 0 Å². The van der Waals surface area contributed by atoms with Gasteiger partial charge in [-0.05, 0) is 18.1 Å². The molecular formula is C21H31N7. The van der Waals surface area contributed by atoms with Crippen molar-refractivity contribution < 1.29 is 0 Å². The Balaban J connectivity index is 1.82. The molecule has 0 aliphatic carbocycles. The highest BCUT2D eigenvalue weighted by Crippen LogP contribution is 2.22. The van der Waals surface area contributed by atoms with E-state index in [4.69, 9.17) is 5.10 Å². The molecule has 0 bridgehead atoms. The van der Waals surface area contributed by atoms with Gasteiger partial charge >= 0.3 is 0 Å². The van der Waals surface area contributed by atoms with Crippen LogP contribution in [-0.2, 0) is 6.42 Å². The number of nitrogens with one attached hydrogen (secondary N) is 2. The molecule has 3 heterocycles. The van der Waals surface area contributed by atoms with Gasteiger partial charge in [-0.1, -0.05) is 46.6 Å². The molecule has 0 saturated heterocycles. The summed E-state index contributed by atoms with van der Waals surface area (Å²) in [5, 5.41) is 20.5. The summed E-state index contributed by atoms with van der Waals surface area (Å²) < 4.78 is 1.86. The van der Waals surface area contributed by atoms with Crippen LogP contribution in [0, 0.1) is 5.92 Å². The molecule has 7 nitrogen and oxygen atoms in total. The second-order valence-corrected chi connectivity index (χ2v) is 7.45. The first-order valence-electron chi connectivity index (χ1n) is 10.3. The third-order valence-electron chi connectivity index (χ3n) is 5.06. The Kier molecular flexibility index (Phi) is 6.79. The highest BCUT2D eigenvalue weighted by atomic mass is 15.4. The summed E-state index contributed by atoms with van der Waals surface area (Å²) in [6.07, 6.45) is 4.99. The highest BCUT2D eigenvalue weighted by molar-refractivity contribution is 5.70. The minimum absolute atomic E-state index is 0.248. The zero-order valence-electron chi connectivity index (χ0n) is 17.3. The average Bonchev–Trinajstić information content (AvgIpc) is 3.14. The van der Waals surface area contributed by atoms with Gasteiger partial charge in [-0.3, -0.25) is 4.98 Å². The van der Waals surface area contributed by atoms with Crippen molar-refractivity contribution in [1.82, 2.24) is 24.8 Å². The van der Waals surface area contributed by atoms with Gasteiger partial charge in [0.25, 0.3) is 0 Å². The molecular weight excluding hydrogens is 350 g/mol. The van der Waals surface area contributed by atoms with Crippen LogP contribution in [-0.4, -0.2) is 37.9 Å². The maximum atomic E-state index is 4.75. The molecule has 2 N–H and O–H groups in total. The molecule has 3 aromatic rings. The van der Waals surface area contributed by atoms with Gasteiger partial charge in [0.05, 0.1) is 5.69 Å². The summed E-state index contributed by atoms with van der Waals surface area (Å²) in [5.41, 5.74) is 2.77. The van der Waals surface area contributed by atoms with Crippen LogP contribution < -0.4 is 10.6 Å². The van der Waals surface area contributed by atoms with E-state index in [0.717, 1.165) is 61.0 Å². The van der Waals surface area contributed by atoms with E-state index < -0.39 is 0 Å². The number of pyridine rings is 1. The molecule has 3 rings (SSSR count). The quantitative estimate of drug-likeness (QED) is 0.549. The van der Waals surface area contributed by atoms with Gasteiger partial charge in [0.15, 0.2) is 5.82 Å². The van der Waals surface area contributed by atoms with Crippen molar-refractivity contribution in [3.8, 4) is 0 Å². The third kappa shape index (κ3) is 4.77. The van der Waals surface area contributed by atoms with Crippen LogP contribution in [0.25, 0.3) is 5.65 Å². The zero-order valence-corrected chi connectivity index (χ0v) is 17.3. The third-order valence-corrected chi connectivity index (χ3v) is 5.06. The lowest BCUT2D eigenvalue weighted by atomic mass is 10.0. The van der Waals surface area contributed by atoms with E-state index in [1.807, 2.05) is 35.0 Å². The van der Waals surface area contributed by atoms with E-state index in [1.54, 1.807) is 0 Å². The molecule has 0 saturated carbocycles. The molecule has 0 aromatic carbocycles. The Hall–Kier alpha value is -2.70. The fourth-order valence-electron chi connectivity index (χ4n) is 3.17. The maximum Gasteiger partial charge on any atom is 0.201 e. The molecule has 0 aliphatic heterocycles. The molecule has 3 aromatic heterocycles. The minimum atomic E-state index is 0.248. The average molecular weight is 382 g/mol. The number of hydrogen-bond acceptors (Lipinski definition) is 6. The number of rotatable bonds is 10. The number of nitrogens with zero attached hydrogens (tertiary/aromatic N) is 5. The first-order valence-corrected chi connectivity index (χ1v) is 10.3. The lowest BCUT2D eigenvalue weighted by Gasteiger charge is -2.15. The molecule has 0 unspecified atom stereocenters. The molecule has 7 heteroatoms. The molecule has 0 spiro atoms. The van der Waals surface area contributed by atoms with Gasteiger partial charge < -0.3 is 10.6 Å². The maximum absolute atomic E-state index is 4.75. The van der Waals surface area contributed by atoms with Gasteiger partial charge in [0, 0.05) is 43.4 Å². The van der Waals surface area contributed by atoms with Gasteiger partial charge in [-0.25, -0.2) is 0 Å². The SMILES string of the molecule is CCC(CC)CNc1cc(NCCc2ccccn2)c2nnc(C(C)C)n2n1. The largest absolute Gasteiger partial charge is 0.381 e. The van der Waals surface area contributed by atoms with Crippen LogP contribution in [0.5, 0.6) is 0 Å². The first kappa shape index (κ1) is 20.0. The van der Waals surface area contributed by atoms with E-state index >= 15 is 0 Å². The topological polar surface area (TPSA) is 80.0 Å². The number of hydrogen-bond donors (Lipinski definition) is 2. The minimum Gasteiger partial charge on any atom is -0.381 e. The number of aromatic nitrogens is 5. The number of anilines is 2. The van der Waals surface area contributed by atoms with Crippen LogP contribution in [0.15, 0.2) is 30.5 Å². The van der Waals surface area contributed by atoms with Crippen LogP contribution in [0.3, 0.4) is 0 Å². The standard InChI is InChI=1S/C21H31N7/c1-5-16(6-2)14-24-19-13-18(23-12-10-17-9-7-8-11-22-17)21-26-25-20(15(3)4)28(21)27-19/h7-9,11,13,15-16,23H,5-6,10,12,14H2,1-4H3,(H,24,27). The van der Waals surface area contributed by atoms with E-state index in [-0.39, 0.29) is 5.92 Å². The zero-order chi connectivity index (χ0) is 19.9. The van der Waals surface area contributed by atoms with Crippen molar-refractivity contribution in [2.24, 2.45) is 5.92 Å². The molecule has 0 amide bonds. The molecule has 0 fully saturated rings. The Morgan fingerprint density at radius 3 is 2.57 bits per heavy atom. The summed E-state index contributed by atoms with van der Waals surface area (Å²) in [6.45, 7) is 10.4. The predicted octanol–water partition coefficient (Wildman–Crippen LogP) is 4.15. The summed E-state index contributed by atoms with van der Waals surface area (Å²) >= 11 is 0. The Morgan fingerprint density at radius 1 is 1.07 bits per heavy atom. The first-order chi connectivity index (χ1) is 13.6. The fourth-order valence-corrected chi connectivity index (χ4v) is 3.17. The summed E-state index contributed by atoms with van der Waals surface area (Å²) in [6, 6.07) is 8.03. The number of fused-ring (bicyclic) bond motifs is 1. The smallest absolute Gasteiger partial charge is 0.201 e. The second kappa shape index (κ2) is 9.48. The van der Waals surface area contributed by atoms with Crippen molar-refractivity contribution >= 4 is 17.2 Å². The van der Waals surface area contributed by atoms with Gasteiger partial charge in [0.2, 0.25) is 5.65 Å². The van der Waals surface area contributed by atoms with Crippen molar-refractivity contribution in [2.45, 2.75) is 52.9 Å². The van der Waals surface area contributed by atoms with Gasteiger partial charge in [-0.15, -0.1) is 15.3 Å². The fraction of sp³-hybridized carbons (Fsp3) is 0.524. The molecule has 0 radical (unpaired) electrons. The highest BCUT2D eigenvalue weighted by Gasteiger charge is 2.16. The lowest BCUT2D eigenvalue weighted by Crippen LogP contribution is -2.16. The van der Waals surface area contributed by atoms with E-state index in [0.29, 0.717) is 5.92 Å². The summed E-state index contributed by atoms with van der Waals surface area (Å²) in [5.74, 6) is 2.61. The summed E-state index contributed by atoms with van der Waals surface area (Å²) in [7, 11) is 0. The van der Waals surface area contributed by atoms with Gasteiger partial charge in [-0.2, -0.15) is 4.52 Å². The Bertz CT molecular complexity index is 869. The van der Waals surface area contributed by atoms with E-state index in [9.17, 15) is 0 Å². The van der Waals surface area contributed by atoms with Crippen LogP contribution in [0.4, 0.5) is 11.5 Å². The monoisotopic (exact) mass is 381 g/mol. The molecule has 0 atom stereocenters. The molecule has 28 heavy (non-hydrogen) atoms. The Morgan fingerprint density at radius 2 is 1.89 bits per heavy atom. The van der Waals surface area contributed by atoms with Crippen LogP contribution in [0.2, 0.25) is 0 Å².